The Morgan fingerprint density at radius 3 is 2.47 bits per heavy atom. The summed E-state index contributed by atoms with van der Waals surface area (Å²) in [4.78, 5) is 0. The predicted octanol–water partition coefficient (Wildman–Crippen LogP) is 5.91. The molecule has 0 heterocycles. The summed E-state index contributed by atoms with van der Waals surface area (Å²) >= 11 is 9.34. The van der Waals surface area contributed by atoms with Gasteiger partial charge in [-0.05, 0) is 61.2 Å². The molecule has 0 bridgehead atoms. The minimum absolute atomic E-state index is 0.490. The van der Waals surface area contributed by atoms with E-state index in [1.54, 1.807) is 0 Å². The Morgan fingerprint density at radius 1 is 1.11 bits per heavy atom. The zero-order chi connectivity index (χ0) is 14.0. The van der Waals surface area contributed by atoms with E-state index in [4.69, 9.17) is 16.3 Å². The van der Waals surface area contributed by atoms with Gasteiger partial charge in [-0.3, -0.25) is 0 Å². The van der Waals surface area contributed by atoms with E-state index in [0.29, 0.717) is 5.88 Å². The molecule has 0 aliphatic heterocycles. The average molecular weight is 340 g/mol. The molecule has 0 amide bonds. The van der Waals surface area contributed by atoms with Crippen LogP contribution in [0.3, 0.4) is 0 Å². The summed E-state index contributed by atoms with van der Waals surface area (Å²) in [5, 5.41) is 0. The van der Waals surface area contributed by atoms with Crippen LogP contribution >= 0.6 is 27.5 Å². The van der Waals surface area contributed by atoms with Gasteiger partial charge in [0.05, 0.1) is 0 Å². The molecule has 1 nitrogen and oxygen atoms in total. The summed E-state index contributed by atoms with van der Waals surface area (Å²) in [5.41, 5.74) is 4.68. The molecule has 0 unspecified atom stereocenters. The van der Waals surface area contributed by atoms with Crippen LogP contribution in [0.5, 0.6) is 11.5 Å². The van der Waals surface area contributed by atoms with Crippen LogP contribution in [-0.4, -0.2) is 0 Å². The van der Waals surface area contributed by atoms with Crippen molar-refractivity contribution < 1.29 is 4.74 Å². The Balaban J connectivity index is 2.33. The van der Waals surface area contributed by atoms with Gasteiger partial charge in [0.15, 0.2) is 0 Å². The molecule has 0 radical (unpaired) electrons. The molecule has 0 fully saturated rings. The maximum absolute atomic E-state index is 5.98. The summed E-state index contributed by atoms with van der Waals surface area (Å²) in [6.07, 6.45) is 0. The zero-order valence-corrected chi connectivity index (χ0v) is 13.6. The van der Waals surface area contributed by atoms with Gasteiger partial charge < -0.3 is 4.74 Å². The number of halogens is 2. The number of hydrogen-bond donors (Lipinski definition) is 0. The first-order chi connectivity index (χ1) is 9.01. The van der Waals surface area contributed by atoms with Crippen LogP contribution in [0.25, 0.3) is 0 Å². The second-order valence-electron chi connectivity index (χ2n) is 4.69. The normalized spacial score (nSPS) is 10.6. The highest BCUT2D eigenvalue weighted by Gasteiger charge is 2.07. The molecule has 2 rings (SSSR count). The minimum atomic E-state index is 0.490. The molecule has 0 saturated heterocycles. The van der Waals surface area contributed by atoms with Crippen LogP contribution in [0.15, 0.2) is 34.8 Å². The second-order valence-corrected chi connectivity index (χ2v) is 5.82. The molecule has 19 heavy (non-hydrogen) atoms. The highest BCUT2D eigenvalue weighted by Crippen LogP contribution is 2.31. The summed E-state index contributed by atoms with van der Waals surface area (Å²) in [5.74, 6) is 2.21. The van der Waals surface area contributed by atoms with Crippen LogP contribution in [-0.2, 0) is 5.88 Å². The van der Waals surface area contributed by atoms with Crippen molar-refractivity contribution in [2.45, 2.75) is 26.7 Å². The summed E-state index contributed by atoms with van der Waals surface area (Å²) in [7, 11) is 0. The van der Waals surface area contributed by atoms with Gasteiger partial charge in [-0.25, -0.2) is 0 Å². The van der Waals surface area contributed by atoms with Crippen molar-refractivity contribution in [2.24, 2.45) is 0 Å². The molecule has 0 atom stereocenters. The zero-order valence-electron chi connectivity index (χ0n) is 11.3. The van der Waals surface area contributed by atoms with Gasteiger partial charge in [-0.1, -0.05) is 28.1 Å². The standard InChI is InChI=1S/C16H16BrClO/c1-10-6-11(2)12(3)16(7-10)19-14-5-4-13(9-18)15(17)8-14/h4-8H,9H2,1-3H3. The smallest absolute Gasteiger partial charge is 0.130 e. The molecule has 100 valence electrons. The summed E-state index contributed by atoms with van der Waals surface area (Å²) in [6, 6.07) is 10.1. The van der Waals surface area contributed by atoms with Gasteiger partial charge in [0, 0.05) is 10.4 Å². The number of alkyl halides is 1. The third-order valence-corrected chi connectivity index (χ3v) is 4.19. The van der Waals surface area contributed by atoms with Gasteiger partial charge in [-0.15, -0.1) is 11.6 Å². The van der Waals surface area contributed by atoms with Crippen molar-refractivity contribution >= 4 is 27.5 Å². The van der Waals surface area contributed by atoms with E-state index >= 15 is 0 Å². The van der Waals surface area contributed by atoms with Crippen LogP contribution < -0.4 is 4.74 Å². The Labute approximate surface area is 127 Å². The Kier molecular flexibility index (Phi) is 4.54. The molecule has 0 aliphatic rings. The van der Waals surface area contributed by atoms with E-state index in [1.807, 2.05) is 18.2 Å². The molecule has 0 aliphatic carbocycles. The first kappa shape index (κ1) is 14.4. The van der Waals surface area contributed by atoms with Crippen LogP contribution in [0, 0.1) is 20.8 Å². The van der Waals surface area contributed by atoms with E-state index in [9.17, 15) is 0 Å². The third-order valence-electron chi connectivity index (χ3n) is 3.16. The first-order valence-corrected chi connectivity index (χ1v) is 7.44. The lowest BCUT2D eigenvalue weighted by atomic mass is 10.1. The van der Waals surface area contributed by atoms with E-state index < -0.39 is 0 Å². The molecule has 0 spiro atoms. The molecular formula is C16H16BrClO. The lowest BCUT2D eigenvalue weighted by molar-refractivity contribution is 0.477. The van der Waals surface area contributed by atoms with Crippen molar-refractivity contribution in [3.63, 3.8) is 0 Å². The van der Waals surface area contributed by atoms with Crippen molar-refractivity contribution in [1.29, 1.82) is 0 Å². The molecule has 2 aromatic carbocycles. The quantitative estimate of drug-likeness (QED) is 0.632. The van der Waals surface area contributed by atoms with Crippen LogP contribution in [0.4, 0.5) is 0 Å². The summed E-state index contributed by atoms with van der Waals surface area (Å²) in [6.45, 7) is 6.25. The third kappa shape index (κ3) is 3.31. The van der Waals surface area contributed by atoms with Gasteiger partial charge in [0.2, 0.25) is 0 Å². The van der Waals surface area contributed by atoms with Crippen LogP contribution in [0.1, 0.15) is 22.3 Å². The fourth-order valence-corrected chi connectivity index (χ4v) is 2.83. The molecule has 2 aromatic rings. The number of ether oxygens (including phenoxy) is 1. The van der Waals surface area contributed by atoms with E-state index in [-0.39, 0.29) is 0 Å². The highest BCUT2D eigenvalue weighted by molar-refractivity contribution is 9.10. The molecule has 0 aromatic heterocycles. The van der Waals surface area contributed by atoms with Crippen molar-refractivity contribution in [2.75, 3.05) is 0 Å². The van der Waals surface area contributed by atoms with Gasteiger partial charge in [0.1, 0.15) is 11.5 Å². The van der Waals surface area contributed by atoms with Crippen LogP contribution in [0.2, 0.25) is 0 Å². The molecule has 0 saturated carbocycles. The Hall–Kier alpha value is -0.990. The van der Waals surface area contributed by atoms with E-state index in [1.165, 1.54) is 16.7 Å². The molecule has 3 heteroatoms. The van der Waals surface area contributed by atoms with Crippen molar-refractivity contribution in [3.05, 3.63) is 57.1 Å². The fraction of sp³-hybridized carbons (Fsp3) is 0.250. The SMILES string of the molecule is Cc1cc(C)c(C)c(Oc2ccc(CCl)c(Br)c2)c1. The summed E-state index contributed by atoms with van der Waals surface area (Å²) < 4.78 is 6.95. The number of aryl methyl sites for hydroxylation is 2. The minimum Gasteiger partial charge on any atom is -0.457 e. The van der Waals surface area contributed by atoms with Gasteiger partial charge in [-0.2, -0.15) is 0 Å². The fourth-order valence-electron chi connectivity index (χ4n) is 1.93. The maximum atomic E-state index is 5.98. The lowest BCUT2D eigenvalue weighted by Crippen LogP contribution is -1.92. The van der Waals surface area contributed by atoms with E-state index in [2.05, 4.69) is 48.8 Å². The average Bonchev–Trinajstić information content (AvgIpc) is 2.35. The topological polar surface area (TPSA) is 9.23 Å². The Morgan fingerprint density at radius 2 is 1.84 bits per heavy atom. The van der Waals surface area contributed by atoms with Gasteiger partial charge >= 0.3 is 0 Å². The molecular weight excluding hydrogens is 324 g/mol. The van der Waals surface area contributed by atoms with Gasteiger partial charge in [0.25, 0.3) is 0 Å². The second kappa shape index (κ2) is 5.98. The molecule has 0 N–H and O–H groups in total. The first-order valence-electron chi connectivity index (χ1n) is 6.11. The monoisotopic (exact) mass is 338 g/mol. The van der Waals surface area contributed by atoms with Crippen molar-refractivity contribution in [1.82, 2.24) is 0 Å². The highest BCUT2D eigenvalue weighted by atomic mass is 79.9. The maximum Gasteiger partial charge on any atom is 0.130 e. The largest absolute Gasteiger partial charge is 0.457 e. The Bertz CT molecular complexity index is 608. The number of rotatable bonds is 3. The van der Waals surface area contributed by atoms with Crippen molar-refractivity contribution in [3.8, 4) is 11.5 Å². The van der Waals surface area contributed by atoms with E-state index in [0.717, 1.165) is 21.5 Å². The number of benzene rings is 2. The predicted molar refractivity (Wildman–Crippen MR) is 84.4 cm³/mol. The lowest BCUT2D eigenvalue weighted by Gasteiger charge is -2.13. The number of hydrogen-bond acceptors (Lipinski definition) is 1.